The smallest absolute Gasteiger partial charge is 0.316 e. The molecule has 1 amide bonds. The van der Waals surface area contributed by atoms with Gasteiger partial charge in [-0.3, -0.25) is 14.5 Å². The molecule has 0 atom stereocenters. The minimum Gasteiger partial charge on any atom is -0.495 e. The summed E-state index contributed by atoms with van der Waals surface area (Å²) in [5, 5.41) is 0.751. The highest BCUT2D eigenvalue weighted by molar-refractivity contribution is 8.14. The fraction of sp³-hybridized carbons (Fsp3) is 0.227. The minimum absolute atomic E-state index is 0.0398. The van der Waals surface area contributed by atoms with Gasteiger partial charge in [-0.1, -0.05) is 53.2 Å². The number of carbonyl (C=O) groups excluding carboxylic acids is 2. The van der Waals surface area contributed by atoms with Crippen molar-refractivity contribution in [1.82, 2.24) is 0 Å². The zero-order chi connectivity index (χ0) is 21.7. The molecule has 2 aromatic carbocycles. The largest absolute Gasteiger partial charge is 0.495 e. The highest BCUT2D eigenvalue weighted by Gasteiger charge is 2.33. The molecule has 30 heavy (non-hydrogen) atoms. The van der Waals surface area contributed by atoms with Gasteiger partial charge in [-0.25, -0.2) is 4.99 Å². The van der Waals surface area contributed by atoms with Gasteiger partial charge in [-0.15, -0.1) is 0 Å². The van der Waals surface area contributed by atoms with Crippen LogP contribution < -0.4 is 9.64 Å². The molecule has 6 nitrogen and oxygen atoms in total. The number of hydrogen-bond donors (Lipinski definition) is 0. The lowest BCUT2D eigenvalue weighted by Crippen LogP contribution is -2.31. The summed E-state index contributed by atoms with van der Waals surface area (Å²) in [7, 11) is 1.52. The molecule has 0 aliphatic carbocycles. The molecule has 1 heterocycles. The first-order valence-electron chi connectivity index (χ1n) is 9.26. The van der Waals surface area contributed by atoms with E-state index in [1.807, 2.05) is 31.2 Å². The number of esters is 1. The number of halogens is 1. The second-order valence-electron chi connectivity index (χ2n) is 6.39. The van der Waals surface area contributed by atoms with Gasteiger partial charge in [0.15, 0.2) is 5.17 Å². The highest BCUT2D eigenvalue weighted by atomic mass is 35.5. The van der Waals surface area contributed by atoms with Gasteiger partial charge in [0.05, 0.1) is 30.2 Å². The second-order valence-corrected chi connectivity index (χ2v) is 7.74. The van der Waals surface area contributed by atoms with Crippen LogP contribution in [0.25, 0.3) is 6.08 Å². The van der Waals surface area contributed by atoms with E-state index in [0.29, 0.717) is 28.2 Å². The van der Waals surface area contributed by atoms with Crippen LogP contribution in [0.15, 0.2) is 53.2 Å². The van der Waals surface area contributed by atoms with Crippen LogP contribution >= 0.6 is 23.4 Å². The third-order valence-corrected chi connectivity index (χ3v) is 5.44. The summed E-state index contributed by atoms with van der Waals surface area (Å²) < 4.78 is 10.2. The number of amidine groups is 1. The van der Waals surface area contributed by atoms with Gasteiger partial charge in [0.25, 0.3) is 5.91 Å². The van der Waals surface area contributed by atoms with Crippen molar-refractivity contribution in [3.05, 3.63) is 64.3 Å². The monoisotopic (exact) mass is 444 g/mol. The van der Waals surface area contributed by atoms with Crippen LogP contribution in [0, 0.1) is 6.92 Å². The molecule has 156 valence electrons. The molecule has 0 saturated heterocycles. The van der Waals surface area contributed by atoms with Gasteiger partial charge in [0.1, 0.15) is 11.4 Å². The Labute approximate surface area is 184 Å². The number of amides is 1. The Morgan fingerprint density at radius 2 is 1.97 bits per heavy atom. The molecule has 8 heteroatoms. The van der Waals surface area contributed by atoms with Crippen molar-refractivity contribution in [3.63, 3.8) is 0 Å². The summed E-state index contributed by atoms with van der Waals surface area (Å²) in [5.41, 5.74) is 2.79. The quantitative estimate of drug-likeness (QED) is 0.477. The Balaban J connectivity index is 1.95. The molecule has 0 spiro atoms. The van der Waals surface area contributed by atoms with E-state index in [0.717, 1.165) is 22.9 Å². The lowest BCUT2D eigenvalue weighted by atomic mass is 10.1. The number of benzene rings is 2. The third-order valence-electron chi connectivity index (χ3n) is 4.23. The Hall–Kier alpha value is -2.77. The molecule has 0 bridgehead atoms. The van der Waals surface area contributed by atoms with E-state index in [1.54, 1.807) is 31.2 Å². The number of methoxy groups -OCH3 is 1. The van der Waals surface area contributed by atoms with E-state index in [9.17, 15) is 9.59 Å². The molecule has 0 radical (unpaired) electrons. The Kier molecular flexibility index (Phi) is 7.18. The van der Waals surface area contributed by atoms with Crippen LogP contribution in [0.4, 0.5) is 5.69 Å². The number of aryl methyl sites for hydroxylation is 1. The first-order chi connectivity index (χ1) is 14.4. The predicted octanol–water partition coefficient (Wildman–Crippen LogP) is 4.70. The molecule has 1 aliphatic heterocycles. The maximum absolute atomic E-state index is 13.2. The normalized spacial score (nSPS) is 14.8. The summed E-state index contributed by atoms with van der Waals surface area (Å²) >= 11 is 7.39. The van der Waals surface area contributed by atoms with E-state index in [4.69, 9.17) is 21.1 Å². The summed E-state index contributed by atoms with van der Waals surface area (Å²) in [5.74, 6) is -0.136. The van der Waals surface area contributed by atoms with Gasteiger partial charge in [-0.05, 0) is 43.7 Å². The highest BCUT2D eigenvalue weighted by Crippen LogP contribution is 2.34. The van der Waals surface area contributed by atoms with Crippen molar-refractivity contribution in [2.24, 2.45) is 4.99 Å². The molecule has 0 unspecified atom stereocenters. The van der Waals surface area contributed by atoms with Crippen molar-refractivity contribution in [3.8, 4) is 5.75 Å². The van der Waals surface area contributed by atoms with E-state index >= 15 is 0 Å². The number of thioether (sulfide) groups is 1. The van der Waals surface area contributed by atoms with E-state index in [1.165, 1.54) is 12.0 Å². The zero-order valence-electron chi connectivity index (χ0n) is 16.8. The molecule has 0 fully saturated rings. The van der Waals surface area contributed by atoms with Gasteiger partial charge >= 0.3 is 5.97 Å². The number of carbonyl (C=O) groups is 2. The van der Waals surface area contributed by atoms with Crippen LogP contribution in [0.5, 0.6) is 5.75 Å². The van der Waals surface area contributed by atoms with Crippen molar-refractivity contribution in [2.75, 3.05) is 24.4 Å². The maximum Gasteiger partial charge on any atom is 0.316 e. The van der Waals surface area contributed by atoms with Crippen LogP contribution in [-0.2, 0) is 14.3 Å². The molecule has 2 aromatic rings. The average Bonchev–Trinajstić information content (AvgIpc) is 3.03. The number of aliphatic imine (C=N–C) groups is 1. The predicted molar refractivity (Wildman–Crippen MR) is 121 cm³/mol. The molecule has 3 rings (SSSR count). The Bertz CT molecular complexity index is 1020. The standard InChI is InChI=1S/C22H21ClN2O4S/c1-4-29-20(26)13-30-22-24-18(11-15-7-5-14(2)6-8-15)21(27)25(22)16-9-10-19(28-3)17(23)12-16/h5-12H,4,13H2,1-3H3. The van der Waals surface area contributed by atoms with Crippen LogP contribution in [0.1, 0.15) is 18.1 Å². The lowest BCUT2D eigenvalue weighted by Gasteiger charge is -2.18. The second kappa shape index (κ2) is 9.82. The minimum atomic E-state index is -0.374. The average molecular weight is 445 g/mol. The van der Waals surface area contributed by atoms with Crippen molar-refractivity contribution in [2.45, 2.75) is 13.8 Å². The zero-order valence-corrected chi connectivity index (χ0v) is 18.4. The van der Waals surface area contributed by atoms with Crippen molar-refractivity contribution >= 4 is 52.2 Å². The van der Waals surface area contributed by atoms with Crippen LogP contribution in [0.3, 0.4) is 0 Å². The van der Waals surface area contributed by atoms with E-state index in [2.05, 4.69) is 4.99 Å². The number of rotatable bonds is 6. The molecule has 0 saturated carbocycles. The fourth-order valence-electron chi connectivity index (χ4n) is 2.76. The molecule has 1 aliphatic rings. The molecule has 0 aromatic heterocycles. The third kappa shape index (κ3) is 5.04. The van der Waals surface area contributed by atoms with Crippen LogP contribution in [0.2, 0.25) is 5.02 Å². The number of ether oxygens (including phenoxy) is 2. The van der Waals surface area contributed by atoms with Gasteiger partial charge in [0.2, 0.25) is 0 Å². The molecular weight excluding hydrogens is 424 g/mol. The van der Waals surface area contributed by atoms with E-state index < -0.39 is 0 Å². The van der Waals surface area contributed by atoms with Crippen molar-refractivity contribution in [1.29, 1.82) is 0 Å². The van der Waals surface area contributed by atoms with Gasteiger partial charge in [-0.2, -0.15) is 0 Å². The maximum atomic E-state index is 13.2. The Morgan fingerprint density at radius 3 is 2.60 bits per heavy atom. The molecule has 0 N–H and O–H groups in total. The molecular formula is C22H21ClN2O4S. The fourth-order valence-corrected chi connectivity index (χ4v) is 3.82. The summed E-state index contributed by atoms with van der Waals surface area (Å²) in [6.45, 7) is 4.03. The van der Waals surface area contributed by atoms with Crippen LogP contribution in [-0.4, -0.2) is 36.5 Å². The first kappa shape index (κ1) is 21.9. The summed E-state index contributed by atoms with van der Waals surface area (Å²) in [4.78, 5) is 30.9. The van der Waals surface area contributed by atoms with E-state index in [-0.39, 0.29) is 23.3 Å². The Morgan fingerprint density at radius 1 is 1.23 bits per heavy atom. The van der Waals surface area contributed by atoms with Crippen molar-refractivity contribution < 1.29 is 19.1 Å². The van der Waals surface area contributed by atoms with Gasteiger partial charge in [0, 0.05) is 0 Å². The summed E-state index contributed by atoms with van der Waals surface area (Å²) in [6, 6.07) is 12.8. The lowest BCUT2D eigenvalue weighted by molar-refractivity contribution is -0.139. The SMILES string of the molecule is CCOC(=O)CSC1=NC(=Cc2ccc(C)cc2)C(=O)N1c1ccc(OC)c(Cl)c1. The number of anilines is 1. The topological polar surface area (TPSA) is 68.2 Å². The first-order valence-corrected chi connectivity index (χ1v) is 10.6. The summed E-state index contributed by atoms with van der Waals surface area (Å²) in [6.07, 6.45) is 1.72. The number of nitrogens with zero attached hydrogens (tertiary/aromatic N) is 2. The number of hydrogen-bond acceptors (Lipinski definition) is 6. The van der Waals surface area contributed by atoms with Gasteiger partial charge < -0.3 is 9.47 Å².